The fourth-order valence-corrected chi connectivity index (χ4v) is 2.32. The number of fused-ring (bicyclic) bond motifs is 1. The average Bonchev–Trinajstić information content (AvgIpc) is 2.42. The van der Waals surface area contributed by atoms with Crippen molar-refractivity contribution in [1.29, 1.82) is 0 Å². The summed E-state index contributed by atoms with van der Waals surface area (Å²) in [5.74, 6) is 1.13. The van der Waals surface area contributed by atoms with Crippen LogP contribution in [0.25, 0.3) is 10.8 Å². The van der Waals surface area contributed by atoms with Gasteiger partial charge in [-0.15, -0.1) is 12.4 Å². The first kappa shape index (κ1) is 15.6. The van der Waals surface area contributed by atoms with E-state index >= 15 is 0 Å². The number of amides is 1. The van der Waals surface area contributed by atoms with Gasteiger partial charge in [0.2, 0.25) is 5.91 Å². The molecule has 2 aromatic rings. The van der Waals surface area contributed by atoms with Gasteiger partial charge < -0.3 is 15.4 Å². The maximum Gasteiger partial charge on any atom is 0.225 e. The fourth-order valence-electron chi connectivity index (χ4n) is 2.32. The first-order valence-electron chi connectivity index (χ1n) is 6.81. The molecule has 5 heteroatoms. The number of ether oxygens (including phenoxy) is 1. The van der Waals surface area contributed by atoms with E-state index in [1.165, 1.54) is 0 Å². The van der Waals surface area contributed by atoms with Crippen LogP contribution < -0.4 is 15.4 Å². The van der Waals surface area contributed by atoms with E-state index in [0.717, 1.165) is 35.2 Å². The van der Waals surface area contributed by atoms with E-state index in [1.807, 2.05) is 24.3 Å². The molecule has 0 unspecified atom stereocenters. The highest BCUT2D eigenvalue weighted by Crippen LogP contribution is 2.21. The van der Waals surface area contributed by atoms with Gasteiger partial charge in [-0.05, 0) is 34.5 Å². The number of benzene rings is 2. The topological polar surface area (TPSA) is 50.4 Å². The molecule has 1 saturated heterocycles. The lowest BCUT2D eigenvalue weighted by Gasteiger charge is -2.25. The summed E-state index contributed by atoms with van der Waals surface area (Å²) < 4.78 is 5.21. The minimum absolute atomic E-state index is 0. The summed E-state index contributed by atoms with van der Waals surface area (Å²) in [6.45, 7) is 2.17. The molecule has 0 radical (unpaired) electrons. The molecular weight excluding hydrogens is 288 g/mol. The van der Waals surface area contributed by atoms with Crippen molar-refractivity contribution in [3.8, 4) is 5.75 Å². The van der Waals surface area contributed by atoms with E-state index in [9.17, 15) is 4.79 Å². The van der Waals surface area contributed by atoms with E-state index in [-0.39, 0.29) is 24.2 Å². The Morgan fingerprint density at radius 3 is 2.62 bits per heavy atom. The van der Waals surface area contributed by atoms with Gasteiger partial charge in [-0.1, -0.05) is 18.2 Å². The molecule has 1 heterocycles. The fraction of sp³-hybridized carbons (Fsp3) is 0.312. The third-order valence-electron chi connectivity index (χ3n) is 3.73. The molecule has 4 nitrogen and oxygen atoms in total. The summed E-state index contributed by atoms with van der Waals surface area (Å²) in [7, 11) is 1.67. The summed E-state index contributed by atoms with van der Waals surface area (Å²) in [4.78, 5) is 11.8. The molecule has 3 rings (SSSR count). The molecule has 2 N–H and O–H groups in total. The number of hydrogen-bond acceptors (Lipinski definition) is 3. The molecule has 2 aromatic carbocycles. The number of halogens is 1. The van der Waals surface area contributed by atoms with Crippen LogP contribution in [0.1, 0.15) is 5.56 Å². The molecule has 0 saturated carbocycles. The number of carbonyl (C=O) groups is 1. The molecule has 0 bridgehead atoms. The van der Waals surface area contributed by atoms with E-state index < -0.39 is 0 Å². The van der Waals surface area contributed by atoms with Crippen LogP contribution in [0.4, 0.5) is 0 Å². The van der Waals surface area contributed by atoms with Crippen molar-refractivity contribution in [1.82, 2.24) is 10.6 Å². The first-order valence-corrected chi connectivity index (χ1v) is 6.81. The number of nitrogens with one attached hydrogen (secondary N) is 2. The van der Waals surface area contributed by atoms with Gasteiger partial charge in [-0.3, -0.25) is 4.79 Å². The molecule has 1 aliphatic rings. The van der Waals surface area contributed by atoms with Crippen LogP contribution in [-0.4, -0.2) is 26.1 Å². The minimum Gasteiger partial charge on any atom is -0.497 e. The largest absolute Gasteiger partial charge is 0.497 e. The molecule has 21 heavy (non-hydrogen) atoms. The third kappa shape index (κ3) is 3.46. The van der Waals surface area contributed by atoms with Gasteiger partial charge in [-0.2, -0.15) is 0 Å². The third-order valence-corrected chi connectivity index (χ3v) is 3.73. The predicted octanol–water partition coefficient (Wildman–Crippen LogP) is 2.11. The second-order valence-corrected chi connectivity index (χ2v) is 5.12. The van der Waals surface area contributed by atoms with Gasteiger partial charge in [0.1, 0.15) is 5.75 Å². The van der Waals surface area contributed by atoms with Crippen LogP contribution in [0, 0.1) is 5.92 Å². The van der Waals surface area contributed by atoms with E-state index in [0.29, 0.717) is 6.54 Å². The predicted molar refractivity (Wildman–Crippen MR) is 86.0 cm³/mol. The van der Waals surface area contributed by atoms with Crippen LogP contribution in [0.3, 0.4) is 0 Å². The van der Waals surface area contributed by atoms with Crippen LogP contribution >= 0.6 is 12.4 Å². The summed E-state index contributed by atoms with van der Waals surface area (Å²) >= 11 is 0. The van der Waals surface area contributed by atoms with Crippen LogP contribution in [-0.2, 0) is 11.3 Å². The molecule has 1 aliphatic heterocycles. The summed E-state index contributed by atoms with van der Waals surface area (Å²) in [5, 5.41) is 8.38. The second kappa shape index (κ2) is 6.78. The van der Waals surface area contributed by atoms with Gasteiger partial charge in [-0.25, -0.2) is 0 Å². The summed E-state index contributed by atoms with van der Waals surface area (Å²) in [6.07, 6.45) is 0. The molecule has 1 fully saturated rings. The number of carbonyl (C=O) groups excluding carboxylic acids is 1. The van der Waals surface area contributed by atoms with Crippen molar-refractivity contribution >= 4 is 29.1 Å². The standard InChI is InChI=1S/C16H18N2O2.ClH/c1-20-15-5-4-12-6-11(2-3-13(12)7-15)8-18-16(19)14-9-17-10-14;/h2-7,14,17H,8-10H2,1H3,(H,18,19);1H. The lowest BCUT2D eigenvalue weighted by atomic mass is 10.0. The van der Waals surface area contributed by atoms with Gasteiger partial charge >= 0.3 is 0 Å². The Hall–Kier alpha value is -1.78. The number of methoxy groups -OCH3 is 1. The molecule has 0 aromatic heterocycles. The number of rotatable bonds is 4. The van der Waals surface area contributed by atoms with Gasteiger partial charge in [0.15, 0.2) is 0 Å². The van der Waals surface area contributed by atoms with Crippen LogP contribution in [0.15, 0.2) is 36.4 Å². The van der Waals surface area contributed by atoms with Crippen LogP contribution in [0.2, 0.25) is 0 Å². The van der Waals surface area contributed by atoms with Gasteiger partial charge in [0, 0.05) is 19.6 Å². The lowest BCUT2D eigenvalue weighted by Crippen LogP contribution is -2.50. The van der Waals surface area contributed by atoms with E-state index in [4.69, 9.17) is 4.74 Å². The van der Waals surface area contributed by atoms with Crippen molar-refractivity contribution < 1.29 is 9.53 Å². The zero-order valence-corrected chi connectivity index (χ0v) is 12.7. The van der Waals surface area contributed by atoms with Crippen molar-refractivity contribution in [2.45, 2.75) is 6.54 Å². The van der Waals surface area contributed by atoms with Gasteiger partial charge in [0.05, 0.1) is 13.0 Å². The number of hydrogen-bond donors (Lipinski definition) is 2. The average molecular weight is 307 g/mol. The van der Waals surface area contributed by atoms with Crippen molar-refractivity contribution in [3.05, 3.63) is 42.0 Å². The maximum absolute atomic E-state index is 11.8. The smallest absolute Gasteiger partial charge is 0.225 e. The minimum atomic E-state index is 0. The highest BCUT2D eigenvalue weighted by Gasteiger charge is 2.24. The summed E-state index contributed by atoms with van der Waals surface area (Å²) in [5.41, 5.74) is 1.11. The zero-order valence-electron chi connectivity index (χ0n) is 11.9. The van der Waals surface area contributed by atoms with Crippen molar-refractivity contribution in [2.75, 3.05) is 20.2 Å². The van der Waals surface area contributed by atoms with Crippen LogP contribution in [0.5, 0.6) is 5.75 Å². The molecule has 112 valence electrons. The normalized spacial score (nSPS) is 14.1. The molecular formula is C16H19ClN2O2. The Balaban J connectivity index is 0.00000161. The Kier molecular flexibility index (Phi) is 5.04. The zero-order chi connectivity index (χ0) is 13.9. The summed E-state index contributed by atoms with van der Waals surface area (Å²) in [6, 6.07) is 12.2. The first-order chi connectivity index (χ1) is 9.76. The SMILES string of the molecule is COc1ccc2cc(CNC(=O)C3CNC3)ccc2c1.Cl. The van der Waals surface area contributed by atoms with Crippen molar-refractivity contribution in [2.24, 2.45) is 5.92 Å². The highest BCUT2D eigenvalue weighted by molar-refractivity contribution is 5.85. The lowest BCUT2D eigenvalue weighted by molar-refractivity contribution is -0.126. The Labute approximate surface area is 130 Å². The van der Waals surface area contributed by atoms with E-state index in [1.54, 1.807) is 7.11 Å². The van der Waals surface area contributed by atoms with Crippen molar-refractivity contribution in [3.63, 3.8) is 0 Å². The quantitative estimate of drug-likeness (QED) is 0.909. The maximum atomic E-state index is 11.8. The van der Waals surface area contributed by atoms with Gasteiger partial charge in [0.25, 0.3) is 0 Å². The second-order valence-electron chi connectivity index (χ2n) is 5.12. The monoisotopic (exact) mass is 306 g/mol. The molecule has 0 aliphatic carbocycles. The Morgan fingerprint density at radius 1 is 1.24 bits per heavy atom. The Morgan fingerprint density at radius 2 is 1.95 bits per heavy atom. The molecule has 0 atom stereocenters. The van der Waals surface area contributed by atoms with E-state index in [2.05, 4.69) is 22.8 Å². The molecule has 1 amide bonds. The molecule has 0 spiro atoms. The highest BCUT2D eigenvalue weighted by atomic mass is 35.5. The Bertz CT molecular complexity index is 641.